The topological polar surface area (TPSA) is 20.2 Å². The molecule has 1 aromatic carbocycles. The van der Waals surface area contributed by atoms with Crippen LogP contribution in [-0.2, 0) is 0 Å². The minimum absolute atomic E-state index is 0.206. The highest BCUT2D eigenvalue weighted by molar-refractivity contribution is 6.35. The maximum absolute atomic E-state index is 12.1. The van der Waals surface area contributed by atoms with Gasteiger partial charge in [0.25, 0.3) is 0 Å². The van der Waals surface area contributed by atoms with E-state index >= 15 is 0 Å². The third-order valence-electron chi connectivity index (χ3n) is 1.57. The minimum Gasteiger partial charge on any atom is -0.379 e. The van der Waals surface area contributed by atoms with E-state index in [0.717, 1.165) is 12.1 Å². The van der Waals surface area contributed by atoms with E-state index in [1.54, 1.807) is 0 Å². The van der Waals surface area contributed by atoms with Gasteiger partial charge in [-0.15, -0.1) is 0 Å². The molecular formula is C8H5Cl2F3O. The van der Waals surface area contributed by atoms with Crippen molar-refractivity contribution in [2.24, 2.45) is 0 Å². The number of rotatable bonds is 1. The van der Waals surface area contributed by atoms with E-state index in [-0.39, 0.29) is 10.0 Å². The van der Waals surface area contributed by atoms with Crippen LogP contribution in [0.25, 0.3) is 0 Å². The molecule has 0 aliphatic heterocycles. The van der Waals surface area contributed by atoms with Crippen LogP contribution in [0.2, 0.25) is 10.0 Å². The van der Waals surface area contributed by atoms with Crippen molar-refractivity contribution in [3.8, 4) is 0 Å². The van der Waals surface area contributed by atoms with Crippen LogP contribution in [0.1, 0.15) is 11.7 Å². The van der Waals surface area contributed by atoms with Crippen molar-refractivity contribution in [3.63, 3.8) is 0 Å². The number of hydrogen-bond donors (Lipinski definition) is 1. The van der Waals surface area contributed by atoms with Gasteiger partial charge in [0.1, 0.15) is 0 Å². The lowest BCUT2D eigenvalue weighted by molar-refractivity contribution is -0.206. The van der Waals surface area contributed by atoms with Gasteiger partial charge in [-0.2, -0.15) is 13.2 Å². The Balaban J connectivity index is 3.08. The summed E-state index contributed by atoms with van der Waals surface area (Å²) < 4.78 is 36.2. The summed E-state index contributed by atoms with van der Waals surface area (Å²) >= 11 is 11.0. The molecule has 1 rings (SSSR count). The molecule has 0 heterocycles. The Morgan fingerprint density at radius 2 is 1.79 bits per heavy atom. The van der Waals surface area contributed by atoms with E-state index in [2.05, 4.69) is 0 Å². The van der Waals surface area contributed by atoms with Crippen molar-refractivity contribution in [3.05, 3.63) is 33.8 Å². The SMILES string of the molecule is O[C@H](c1ccc(Cl)cc1Cl)C(F)(F)F. The number of aliphatic hydroxyl groups excluding tert-OH is 1. The van der Waals surface area contributed by atoms with E-state index in [1.807, 2.05) is 0 Å². The third kappa shape index (κ3) is 2.53. The third-order valence-corrected chi connectivity index (χ3v) is 2.13. The fraction of sp³-hybridized carbons (Fsp3) is 0.250. The van der Waals surface area contributed by atoms with Gasteiger partial charge in [-0.05, 0) is 12.1 Å². The molecule has 0 amide bonds. The number of aliphatic hydroxyl groups is 1. The summed E-state index contributed by atoms with van der Waals surface area (Å²) in [4.78, 5) is 0. The Kier molecular flexibility index (Phi) is 3.29. The first-order valence-corrected chi connectivity index (χ1v) is 4.27. The average molecular weight is 245 g/mol. The van der Waals surface area contributed by atoms with Gasteiger partial charge in [0.05, 0.1) is 0 Å². The molecule has 0 aliphatic rings. The Morgan fingerprint density at radius 1 is 1.21 bits per heavy atom. The van der Waals surface area contributed by atoms with Crippen LogP contribution in [-0.4, -0.2) is 11.3 Å². The molecule has 0 saturated heterocycles. The fourth-order valence-corrected chi connectivity index (χ4v) is 1.41. The van der Waals surface area contributed by atoms with Gasteiger partial charge in [-0.25, -0.2) is 0 Å². The van der Waals surface area contributed by atoms with Gasteiger partial charge in [0, 0.05) is 15.6 Å². The molecule has 6 heteroatoms. The zero-order valence-corrected chi connectivity index (χ0v) is 8.16. The quantitative estimate of drug-likeness (QED) is 0.801. The lowest BCUT2D eigenvalue weighted by Gasteiger charge is -2.15. The maximum Gasteiger partial charge on any atom is 0.418 e. The van der Waals surface area contributed by atoms with Crippen molar-refractivity contribution in [2.45, 2.75) is 12.3 Å². The molecular weight excluding hydrogens is 240 g/mol. The molecule has 1 nitrogen and oxygen atoms in total. The van der Waals surface area contributed by atoms with Gasteiger partial charge in [-0.3, -0.25) is 0 Å². The predicted molar refractivity (Wildman–Crippen MR) is 47.5 cm³/mol. The fourth-order valence-electron chi connectivity index (χ4n) is 0.900. The number of alkyl halides is 3. The van der Waals surface area contributed by atoms with E-state index in [9.17, 15) is 13.2 Å². The van der Waals surface area contributed by atoms with E-state index < -0.39 is 17.8 Å². The van der Waals surface area contributed by atoms with Crippen LogP contribution >= 0.6 is 23.2 Å². The van der Waals surface area contributed by atoms with Gasteiger partial charge >= 0.3 is 6.18 Å². The first-order chi connectivity index (χ1) is 6.32. The standard InChI is InChI=1S/C8H5Cl2F3O/c9-4-1-2-5(6(10)3-4)7(14)8(11,12)13/h1-3,7,14H/t7-/m1/s1. The summed E-state index contributed by atoms with van der Waals surface area (Å²) in [6, 6.07) is 3.42. The Hall–Kier alpha value is -0.450. The van der Waals surface area contributed by atoms with Crippen LogP contribution < -0.4 is 0 Å². The van der Waals surface area contributed by atoms with Crippen molar-refractivity contribution in [2.75, 3.05) is 0 Å². The normalized spacial score (nSPS) is 14.1. The van der Waals surface area contributed by atoms with Crippen LogP contribution in [0.4, 0.5) is 13.2 Å². The highest BCUT2D eigenvalue weighted by Gasteiger charge is 2.40. The Labute approximate surface area is 88.1 Å². The number of benzene rings is 1. The van der Waals surface area contributed by atoms with Crippen LogP contribution in [0.15, 0.2) is 18.2 Å². The molecule has 1 atom stereocenters. The average Bonchev–Trinajstić information content (AvgIpc) is 2.01. The highest BCUT2D eigenvalue weighted by atomic mass is 35.5. The predicted octanol–water partition coefficient (Wildman–Crippen LogP) is 3.59. The zero-order chi connectivity index (χ0) is 10.9. The molecule has 0 aromatic heterocycles. The van der Waals surface area contributed by atoms with E-state index in [1.165, 1.54) is 6.07 Å². The second-order valence-corrected chi connectivity index (χ2v) is 3.45. The lowest BCUT2D eigenvalue weighted by atomic mass is 10.1. The molecule has 14 heavy (non-hydrogen) atoms. The maximum atomic E-state index is 12.1. The van der Waals surface area contributed by atoms with E-state index in [0.29, 0.717) is 0 Å². The second kappa shape index (κ2) is 3.96. The van der Waals surface area contributed by atoms with Crippen LogP contribution in [0.5, 0.6) is 0 Å². The van der Waals surface area contributed by atoms with E-state index in [4.69, 9.17) is 28.3 Å². The van der Waals surface area contributed by atoms with Crippen molar-refractivity contribution >= 4 is 23.2 Å². The lowest BCUT2D eigenvalue weighted by Crippen LogP contribution is -2.20. The summed E-state index contributed by atoms with van der Waals surface area (Å²) in [7, 11) is 0. The monoisotopic (exact) mass is 244 g/mol. The van der Waals surface area contributed by atoms with Crippen molar-refractivity contribution < 1.29 is 18.3 Å². The molecule has 0 bridgehead atoms. The molecule has 0 saturated carbocycles. The molecule has 0 unspecified atom stereocenters. The summed E-state index contributed by atoms with van der Waals surface area (Å²) in [5.74, 6) is 0. The molecule has 0 spiro atoms. The second-order valence-electron chi connectivity index (χ2n) is 2.61. The largest absolute Gasteiger partial charge is 0.418 e. The molecule has 1 aromatic rings. The Bertz CT molecular complexity index is 338. The molecule has 0 radical (unpaired) electrons. The highest BCUT2D eigenvalue weighted by Crippen LogP contribution is 2.36. The summed E-state index contributed by atoms with van der Waals surface area (Å²) in [6.45, 7) is 0. The first-order valence-electron chi connectivity index (χ1n) is 3.52. The summed E-state index contributed by atoms with van der Waals surface area (Å²) in [5, 5.41) is 8.89. The van der Waals surface area contributed by atoms with Crippen LogP contribution in [0.3, 0.4) is 0 Å². The first kappa shape index (κ1) is 11.6. The minimum atomic E-state index is -4.72. The summed E-state index contributed by atoms with van der Waals surface area (Å²) in [6.07, 6.45) is -7.30. The van der Waals surface area contributed by atoms with Gasteiger partial charge < -0.3 is 5.11 Å². The molecule has 1 N–H and O–H groups in total. The van der Waals surface area contributed by atoms with Crippen molar-refractivity contribution in [1.29, 1.82) is 0 Å². The van der Waals surface area contributed by atoms with Gasteiger partial charge in [0.2, 0.25) is 0 Å². The molecule has 78 valence electrons. The number of halogens is 5. The van der Waals surface area contributed by atoms with Crippen LogP contribution in [0, 0.1) is 0 Å². The number of hydrogen-bond acceptors (Lipinski definition) is 1. The summed E-state index contributed by atoms with van der Waals surface area (Å²) in [5.41, 5.74) is -0.399. The Morgan fingerprint density at radius 3 is 2.21 bits per heavy atom. The van der Waals surface area contributed by atoms with Crippen molar-refractivity contribution in [1.82, 2.24) is 0 Å². The van der Waals surface area contributed by atoms with Gasteiger partial charge in [-0.1, -0.05) is 29.3 Å². The molecule has 0 aliphatic carbocycles. The smallest absolute Gasteiger partial charge is 0.379 e. The van der Waals surface area contributed by atoms with Gasteiger partial charge in [0.15, 0.2) is 6.10 Å². The molecule has 0 fully saturated rings. The zero-order valence-electron chi connectivity index (χ0n) is 6.65.